The van der Waals surface area contributed by atoms with Gasteiger partial charge in [-0.15, -0.1) is 0 Å². The lowest BCUT2D eigenvalue weighted by atomic mass is 10.0. The fourth-order valence-corrected chi connectivity index (χ4v) is 1.66. The van der Waals surface area contributed by atoms with Gasteiger partial charge in [0.1, 0.15) is 5.75 Å². The van der Waals surface area contributed by atoms with Gasteiger partial charge < -0.3 is 14.9 Å². The number of aliphatic carboxylic acids is 1. The minimum Gasteiger partial charge on any atom is -0.497 e. The molecule has 0 aliphatic carbocycles. The maximum absolute atomic E-state index is 10.8. The zero-order chi connectivity index (χ0) is 13.5. The van der Waals surface area contributed by atoms with Crippen molar-refractivity contribution in [1.82, 2.24) is 0 Å². The average molecular weight is 250 g/mol. The van der Waals surface area contributed by atoms with Crippen LogP contribution in [0.1, 0.15) is 31.4 Å². The first-order chi connectivity index (χ1) is 8.58. The van der Waals surface area contributed by atoms with E-state index in [9.17, 15) is 9.90 Å². The van der Waals surface area contributed by atoms with Crippen LogP contribution < -0.4 is 4.74 Å². The quantitative estimate of drug-likeness (QED) is 0.761. The number of carboxylic acid groups (broad SMARTS) is 1. The minimum atomic E-state index is -0.931. The van der Waals surface area contributed by atoms with Gasteiger partial charge in [0.05, 0.1) is 13.2 Å². The molecular weight excluding hydrogens is 232 g/mol. The first-order valence-electron chi connectivity index (χ1n) is 5.79. The molecule has 1 aromatic rings. The van der Waals surface area contributed by atoms with Gasteiger partial charge in [-0.25, -0.2) is 4.79 Å². The van der Waals surface area contributed by atoms with E-state index in [2.05, 4.69) is 0 Å². The van der Waals surface area contributed by atoms with Crippen molar-refractivity contribution >= 4 is 5.97 Å². The van der Waals surface area contributed by atoms with Crippen LogP contribution >= 0.6 is 0 Å². The number of rotatable bonds is 6. The average Bonchev–Trinajstić information content (AvgIpc) is 2.39. The number of aliphatic hydroxyl groups excluding tert-OH is 1. The Morgan fingerprint density at radius 3 is 2.44 bits per heavy atom. The number of hydrogen-bond donors (Lipinski definition) is 2. The van der Waals surface area contributed by atoms with Crippen LogP contribution in [0.3, 0.4) is 0 Å². The Hall–Kier alpha value is -1.81. The SMILES string of the molecule is C/C=C(\CCC(O)c1ccc(OC)cc1)C(=O)O. The van der Waals surface area contributed by atoms with Crippen LogP contribution in [0.4, 0.5) is 0 Å². The molecule has 0 aromatic heterocycles. The zero-order valence-electron chi connectivity index (χ0n) is 10.6. The fraction of sp³-hybridized carbons (Fsp3) is 0.357. The molecule has 1 aromatic carbocycles. The minimum absolute atomic E-state index is 0.322. The highest BCUT2D eigenvalue weighted by atomic mass is 16.5. The topological polar surface area (TPSA) is 66.8 Å². The van der Waals surface area contributed by atoms with Crippen molar-refractivity contribution < 1.29 is 19.7 Å². The number of methoxy groups -OCH3 is 1. The largest absolute Gasteiger partial charge is 0.497 e. The van der Waals surface area contributed by atoms with Gasteiger partial charge in [-0.1, -0.05) is 18.2 Å². The number of carboxylic acids is 1. The van der Waals surface area contributed by atoms with Crippen LogP contribution in [-0.2, 0) is 4.79 Å². The summed E-state index contributed by atoms with van der Waals surface area (Å²) in [5.41, 5.74) is 1.08. The molecule has 0 fully saturated rings. The molecule has 0 heterocycles. The van der Waals surface area contributed by atoms with E-state index in [4.69, 9.17) is 9.84 Å². The summed E-state index contributed by atoms with van der Waals surface area (Å²) in [5, 5.41) is 18.8. The van der Waals surface area contributed by atoms with Crippen molar-refractivity contribution in [2.75, 3.05) is 7.11 Å². The van der Waals surface area contributed by atoms with E-state index in [0.717, 1.165) is 11.3 Å². The summed E-state index contributed by atoms with van der Waals surface area (Å²) in [4.78, 5) is 10.8. The summed E-state index contributed by atoms with van der Waals surface area (Å²) in [5.74, 6) is -0.204. The number of allylic oxidation sites excluding steroid dienone is 1. The van der Waals surface area contributed by atoms with Gasteiger partial charge >= 0.3 is 5.97 Å². The van der Waals surface area contributed by atoms with E-state index >= 15 is 0 Å². The summed E-state index contributed by atoms with van der Waals surface area (Å²) >= 11 is 0. The van der Waals surface area contributed by atoms with Crippen LogP contribution in [0.5, 0.6) is 5.75 Å². The van der Waals surface area contributed by atoms with Gasteiger partial charge in [0, 0.05) is 5.57 Å². The van der Waals surface area contributed by atoms with Gasteiger partial charge in [0.15, 0.2) is 0 Å². The number of ether oxygens (including phenoxy) is 1. The lowest BCUT2D eigenvalue weighted by molar-refractivity contribution is -0.132. The monoisotopic (exact) mass is 250 g/mol. The van der Waals surface area contributed by atoms with Crippen LogP contribution in [0.25, 0.3) is 0 Å². The van der Waals surface area contributed by atoms with Crippen molar-refractivity contribution in [3.63, 3.8) is 0 Å². The second kappa shape index (κ2) is 6.81. The summed E-state index contributed by atoms with van der Waals surface area (Å²) in [7, 11) is 1.58. The van der Waals surface area contributed by atoms with Gasteiger partial charge in [0.25, 0.3) is 0 Å². The summed E-state index contributed by atoms with van der Waals surface area (Å²) in [6.07, 6.45) is 1.63. The van der Waals surface area contributed by atoms with Crippen molar-refractivity contribution in [2.45, 2.75) is 25.9 Å². The first-order valence-corrected chi connectivity index (χ1v) is 5.79. The highest BCUT2D eigenvalue weighted by molar-refractivity contribution is 5.86. The lowest BCUT2D eigenvalue weighted by Crippen LogP contribution is -2.04. The molecule has 0 radical (unpaired) electrons. The third-order valence-electron chi connectivity index (χ3n) is 2.81. The molecule has 98 valence electrons. The highest BCUT2D eigenvalue weighted by Crippen LogP contribution is 2.22. The molecule has 1 atom stereocenters. The molecule has 0 amide bonds. The van der Waals surface area contributed by atoms with Gasteiger partial charge in [-0.3, -0.25) is 0 Å². The Morgan fingerprint density at radius 2 is 2.00 bits per heavy atom. The molecule has 1 unspecified atom stereocenters. The molecule has 0 bridgehead atoms. The van der Waals surface area contributed by atoms with Gasteiger partial charge in [0.2, 0.25) is 0 Å². The van der Waals surface area contributed by atoms with Gasteiger partial charge in [-0.2, -0.15) is 0 Å². The second-order valence-corrected chi connectivity index (χ2v) is 3.95. The Bertz CT molecular complexity index is 420. The molecule has 18 heavy (non-hydrogen) atoms. The Kier molecular flexibility index (Phi) is 5.39. The molecule has 0 saturated carbocycles. The number of aliphatic hydroxyl groups is 1. The lowest BCUT2D eigenvalue weighted by Gasteiger charge is -2.11. The third kappa shape index (κ3) is 3.89. The van der Waals surface area contributed by atoms with Gasteiger partial charge in [-0.05, 0) is 37.5 Å². The Balaban J connectivity index is 2.59. The maximum atomic E-state index is 10.8. The predicted molar refractivity (Wildman–Crippen MR) is 68.6 cm³/mol. The van der Waals surface area contributed by atoms with Crippen molar-refractivity contribution in [1.29, 1.82) is 0 Å². The van der Waals surface area contributed by atoms with Crippen molar-refractivity contribution in [2.24, 2.45) is 0 Å². The third-order valence-corrected chi connectivity index (χ3v) is 2.81. The molecule has 1 rings (SSSR count). The Labute approximate surface area is 107 Å². The standard InChI is InChI=1S/C14H18O4/c1-3-10(14(16)17)6-9-13(15)11-4-7-12(18-2)8-5-11/h3-5,7-8,13,15H,6,9H2,1-2H3,(H,16,17)/b10-3+. The Morgan fingerprint density at radius 1 is 1.39 bits per heavy atom. The van der Waals surface area contributed by atoms with Crippen molar-refractivity contribution in [3.8, 4) is 5.75 Å². The molecular formula is C14H18O4. The highest BCUT2D eigenvalue weighted by Gasteiger charge is 2.11. The normalized spacial score (nSPS) is 13.2. The predicted octanol–water partition coefficient (Wildman–Crippen LogP) is 2.54. The van der Waals surface area contributed by atoms with Crippen LogP contribution in [-0.4, -0.2) is 23.3 Å². The van der Waals surface area contributed by atoms with Crippen LogP contribution in [0.15, 0.2) is 35.9 Å². The number of carbonyl (C=O) groups is 1. The zero-order valence-corrected chi connectivity index (χ0v) is 10.6. The van der Waals surface area contributed by atoms with E-state index in [1.54, 1.807) is 44.4 Å². The summed E-state index contributed by atoms with van der Waals surface area (Å²) in [6, 6.07) is 7.10. The number of hydrogen-bond acceptors (Lipinski definition) is 3. The van der Waals surface area contributed by atoms with E-state index in [-0.39, 0.29) is 0 Å². The molecule has 4 heteroatoms. The van der Waals surface area contributed by atoms with Crippen molar-refractivity contribution in [3.05, 3.63) is 41.5 Å². The molecule has 0 spiro atoms. The smallest absolute Gasteiger partial charge is 0.331 e. The molecule has 2 N–H and O–H groups in total. The molecule has 0 aliphatic rings. The molecule has 4 nitrogen and oxygen atoms in total. The number of benzene rings is 1. The second-order valence-electron chi connectivity index (χ2n) is 3.95. The maximum Gasteiger partial charge on any atom is 0.331 e. The van der Waals surface area contributed by atoms with Crippen LogP contribution in [0.2, 0.25) is 0 Å². The first kappa shape index (κ1) is 14.3. The summed E-state index contributed by atoms with van der Waals surface area (Å²) < 4.78 is 5.03. The molecule has 0 aliphatic heterocycles. The molecule has 0 saturated heterocycles. The van der Waals surface area contributed by atoms with E-state index < -0.39 is 12.1 Å². The summed E-state index contributed by atoms with van der Waals surface area (Å²) in [6.45, 7) is 1.68. The van der Waals surface area contributed by atoms with Crippen LogP contribution in [0, 0.1) is 0 Å². The fourth-order valence-electron chi connectivity index (χ4n) is 1.66. The van der Waals surface area contributed by atoms with E-state index in [1.807, 2.05) is 0 Å². The van der Waals surface area contributed by atoms with E-state index in [0.29, 0.717) is 18.4 Å². The van der Waals surface area contributed by atoms with E-state index in [1.165, 1.54) is 0 Å².